The molecule has 64 valence electrons. The van der Waals surface area contributed by atoms with Gasteiger partial charge in [0.1, 0.15) is 5.01 Å². The van der Waals surface area contributed by atoms with Crippen molar-refractivity contribution in [3.05, 3.63) is 10.8 Å². The monoisotopic (exact) mass is 183 g/mol. The number of nitrogens with zero attached hydrogens (tertiary/aromatic N) is 4. The van der Waals surface area contributed by atoms with Crippen LogP contribution in [-0.2, 0) is 6.42 Å². The highest BCUT2D eigenvalue weighted by Gasteiger charge is 2.07. The molecule has 0 aliphatic heterocycles. The first-order valence-corrected chi connectivity index (χ1v) is 4.50. The van der Waals surface area contributed by atoms with Crippen LogP contribution in [0.4, 0.5) is 0 Å². The minimum absolute atomic E-state index is 0.581. The van der Waals surface area contributed by atoms with E-state index in [0.29, 0.717) is 6.54 Å². The lowest BCUT2D eigenvalue weighted by molar-refractivity contribution is 0.792. The number of fused-ring (bicyclic) bond motifs is 1. The molecule has 2 N–H and O–H groups in total. The largest absolute Gasteiger partial charge is 0.330 e. The van der Waals surface area contributed by atoms with Gasteiger partial charge in [0, 0.05) is 6.42 Å². The minimum atomic E-state index is 0.581. The smallest absolute Gasteiger partial charge is 0.234 e. The highest BCUT2D eigenvalue weighted by Crippen LogP contribution is 2.12. The van der Waals surface area contributed by atoms with E-state index >= 15 is 0 Å². The summed E-state index contributed by atoms with van der Waals surface area (Å²) in [5.74, 6) is 0.844. The lowest BCUT2D eigenvalue weighted by atomic mass is 10.4. The number of nitrogens with two attached hydrogens (primary N) is 1. The Kier molecular flexibility index (Phi) is 1.78. The van der Waals surface area contributed by atoms with Crippen molar-refractivity contribution >= 4 is 16.3 Å². The number of aryl methyl sites for hydroxylation is 1. The number of aromatic nitrogens is 4. The molecule has 0 fully saturated rings. The molecule has 2 aromatic heterocycles. The van der Waals surface area contributed by atoms with Crippen molar-refractivity contribution in [3.8, 4) is 0 Å². The first-order chi connectivity index (χ1) is 5.81. The van der Waals surface area contributed by atoms with Crippen LogP contribution in [0.5, 0.6) is 0 Å². The van der Waals surface area contributed by atoms with Crippen molar-refractivity contribution in [3.63, 3.8) is 0 Å². The third-order valence-electron chi connectivity index (χ3n) is 1.52. The molecule has 0 spiro atoms. The van der Waals surface area contributed by atoms with Gasteiger partial charge < -0.3 is 5.73 Å². The lowest BCUT2D eigenvalue weighted by Gasteiger charge is -1.89. The topological polar surface area (TPSA) is 69.1 Å². The SMILES string of the molecule is Cc1nn2c(CCN)nnc2s1. The van der Waals surface area contributed by atoms with Gasteiger partial charge in [0.05, 0.1) is 0 Å². The average Bonchev–Trinajstić information content (AvgIpc) is 2.52. The molecule has 12 heavy (non-hydrogen) atoms. The molecule has 0 aromatic carbocycles. The molecule has 0 aliphatic carbocycles. The van der Waals surface area contributed by atoms with Crippen LogP contribution >= 0.6 is 11.3 Å². The van der Waals surface area contributed by atoms with Crippen LogP contribution < -0.4 is 5.73 Å². The Bertz CT molecular complexity index is 389. The normalized spacial score (nSPS) is 11.2. The van der Waals surface area contributed by atoms with Gasteiger partial charge in [0.25, 0.3) is 0 Å². The Morgan fingerprint density at radius 3 is 3.08 bits per heavy atom. The predicted molar refractivity (Wildman–Crippen MR) is 46.2 cm³/mol. The van der Waals surface area contributed by atoms with Gasteiger partial charge in [-0.2, -0.15) is 9.61 Å². The van der Waals surface area contributed by atoms with Crippen LogP contribution in [0.2, 0.25) is 0 Å². The average molecular weight is 183 g/mol. The molecule has 0 radical (unpaired) electrons. The Labute approximate surface area is 73.2 Å². The van der Waals surface area contributed by atoms with E-state index in [-0.39, 0.29) is 0 Å². The summed E-state index contributed by atoms with van der Waals surface area (Å²) in [6.45, 7) is 2.53. The van der Waals surface area contributed by atoms with E-state index in [0.717, 1.165) is 22.2 Å². The van der Waals surface area contributed by atoms with Crippen molar-refractivity contribution in [1.29, 1.82) is 0 Å². The van der Waals surface area contributed by atoms with Gasteiger partial charge in [-0.3, -0.25) is 0 Å². The minimum Gasteiger partial charge on any atom is -0.330 e. The van der Waals surface area contributed by atoms with E-state index in [4.69, 9.17) is 5.73 Å². The summed E-state index contributed by atoms with van der Waals surface area (Å²) in [6.07, 6.45) is 0.727. The number of hydrogen-bond acceptors (Lipinski definition) is 5. The fourth-order valence-corrected chi connectivity index (χ4v) is 1.74. The van der Waals surface area contributed by atoms with E-state index in [9.17, 15) is 0 Å². The van der Waals surface area contributed by atoms with Crippen LogP contribution in [-0.4, -0.2) is 26.4 Å². The summed E-state index contributed by atoms with van der Waals surface area (Å²) >= 11 is 1.54. The van der Waals surface area contributed by atoms with Crippen molar-refractivity contribution < 1.29 is 0 Å². The van der Waals surface area contributed by atoms with Crippen molar-refractivity contribution in [2.45, 2.75) is 13.3 Å². The molecule has 2 aromatic rings. The highest BCUT2D eigenvalue weighted by atomic mass is 32.1. The zero-order valence-corrected chi connectivity index (χ0v) is 7.51. The van der Waals surface area contributed by atoms with Gasteiger partial charge in [0.2, 0.25) is 4.96 Å². The summed E-state index contributed by atoms with van der Waals surface area (Å²) in [7, 11) is 0. The van der Waals surface area contributed by atoms with Crippen LogP contribution in [0, 0.1) is 6.92 Å². The first-order valence-electron chi connectivity index (χ1n) is 3.69. The molecule has 0 amide bonds. The molecule has 0 saturated heterocycles. The van der Waals surface area contributed by atoms with Crippen molar-refractivity contribution in [2.24, 2.45) is 5.73 Å². The van der Waals surface area contributed by atoms with Crippen LogP contribution in [0.15, 0.2) is 0 Å². The molecule has 0 aliphatic rings. The Morgan fingerprint density at radius 1 is 1.50 bits per heavy atom. The Hall–Kier alpha value is -1.01. The second kappa shape index (κ2) is 2.80. The maximum absolute atomic E-state index is 5.41. The van der Waals surface area contributed by atoms with Gasteiger partial charge in [-0.15, -0.1) is 10.2 Å². The van der Waals surface area contributed by atoms with Gasteiger partial charge >= 0.3 is 0 Å². The summed E-state index contributed by atoms with van der Waals surface area (Å²) in [6, 6.07) is 0. The molecule has 2 heterocycles. The zero-order chi connectivity index (χ0) is 8.55. The van der Waals surface area contributed by atoms with Crippen molar-refractivity contribution in [2.75, 3.05) is 6.54 Å². The second-order valence-electron chi connectivity index (χ2n) is 2.47. The summed E-state index contributed by atoms with van der Waals surface area (Å²) < 4.78 is 1.76. The third kappa shape index (κ3) is 1.09. The number of hydrogen-bond donors (Lipinski definition) is 1. The maximum atomic E-state index is 5.41. The maximum Gasteiger partial charge on any atom is 0.234 e. The van der Waals surface area contributed by atoms with Crippen molar-refractivity contribution in [1.82, 2.24) is 19.8 Å². The van der Waals surface area contributed by atoms with Gasteiger partial charge in [-0.1, -0.05) is 11.3 Å². The first kappa shape index (κ1) is 7.63. The molecule has 5 nitrogen and oxygen atoms in total. The summed E-state index contributed by atoms with van der Waals surface area (Å²) in [5, 5.41) is 13.2. The molecule has 0 unspecified atom stereocenters. The molecular formula is C6H9N5S. The van der Waals surface area contributed by atoms with E-state index in [1.54, 1.807) is 4.52 Å². The van der Waals surface area contributed by atoms with Crippen LogP contribution in [0.3, 0.4) is 0 Å². The molecule has 6 heteroatoms. The molecule has 0 bridgehead atoms. The van der Waals surface area contributed by atoms with Crippen LogP contribution in [0.1, 0.15) is 10.8 Å². The summed E-state index contributed by atoms with van der Waals surface area (Å²) in [5.41, 5.74) is 5.41. The number of rotatable bonds is 2. The summed E-state index contributed by atoms with van der Waals surface area (Å²) in [4.78, 5) is 0.843. The van der Waals surface area contributed by atoms with Gasteiger partial charge in [-0.25, -0.2) is 0 Å². The van der Waals surface area contributed by atoms with Gasteiger partial charge in [0.15, 0.2) is 5.82 Å². The lowest BCUT2D eigenvalue weighted by Crippen LogP contribution is -2.06. The fraction of sp³-hybridized carbons (Fsp3) is 0.500. The fourth-order valence-electron chi connectivity index (χ4n) is 1.04. The van der Waals surface area contributed by atoms with Gasteiger partial charge in [-0.05, 0) is 13.5 Å². The van der Waals surface area contributed by atoms with E-state index in [2.05, 4.69) is 15.3 Å². The standard InChI is InChI=1S/C6H9N5S/c1-4-10-11-5(2-3-7)8-9-6(11)12-4/h2-3,7H2,1H3. The second-order valence-corrected chi connectivity index (χ2v) is 3.63. The molecular weight excluding hydrogens is 174 g/mol. The molecule has 0 atom stereocenters. The molecule has 2 rings (SSSR count). The van der Waals surface area contributed by atoms with E-state index < -0.39 is 0 Å². The quantitative estimate of drug-likeness (QED) is 0.711. The highest BCUT2D eigenvalue weighted by molar-refractivity contribution is 7.16. The Balaban J connectivity index is 2.53. The Morgan fingerprint density at radius 2 is 2.33 bits per heavy atom. The predicted octanol–water partition coefficient (Wildman–Crippen LogP) is -0.00458. The zero-order valence-electron chi connectivity index (χ0n) is 6.69. The van der Waals surface area contributed by atoms with E-state index in [1.165, 1.54) is 11.3 Å². The molecule has 0 saturated carbocycles. The third-order valence-corrected chi connectivity index (χ3v) is 2.34. The van der Waals surface area contributed by atoms with E-state index in [1.807, 2.05) is 6.92 Å². The van der Waals surface area contributed by atoms with Crippen LogP contribution in [0.25, 0.3) is 4.96 Å².